The molecule has 0 aliphatic rings. The number of nitrogens with zero attached hydrogens (tertiary/aromatic N) is 4. The summed E-state index contributed by atoms with van der Waals surface area (Å²) in [5.74, 6) is 0.843. The number of aromatic nitrogens is 1. The van der Waals surface area contributed by atoms with Crippen molar-refractivity contribution in [1.29, 1.82) is 0 Å². The van der Waals surface area contributed by atoms with Crippen LogP contribution in [0.25, 0.3) is 10.6 Å². The van der Waals surface area contributed by atoms with Gasteiger partial charge in [-0.25, -0.2) is 9.98 Å². The summed E-state index contributed by atoms with van der Waals surface area (Å²) in [7, 11) is 1.90. The first-order valence-corrected chi connectivity index (χ1v) is 10.6. The number of guanidine groups is 1. The van der Waals surface area contributed by atoms with E-state index in [0.717, 1.165) is 46.7 Å². The van der Waals surface area contributed by atoms with Crippen LogP contribution in [0.3, 0.4) is 0 Å². The Morgan fingerprint density at radius 3 is 2.46 bits per heavy atom. The molecule has 1 N–H and O–H groups in total. The van der Waals surface area contributed by atoms with Gasteiger partial charge >= 0.3 is 0 Å². The number of carbonyl (C=O) groups is 1. The van der Waals surface area contributed by atoms with E-state index >= 15 is 0 Å². The van der Waals surface area contributed by atoms with Gasteiger partial charge in [0.25, 0.3) is 0 Å². The molecule has 0 bridgehead atoms. The summed E-state index contributed by atoms with van der Waals surface area (Å²) in [4.78, 5) is 26.7. The Morgan fingerprint density at radius 1 is 1.18 bits per heavy atom. The molecule has 152 valence electrons. The van der Waals surface area contributed by atoms with E-state index in [0.29, 0.717) is 13.1 Å². The van der Waals surface area contributed by atoms with Crippen LogP contribution in [0.1, 0.15) is 31.3 Å². The van der Waals surface area contributed by atoms with Gasteiger partial charge in [-0.15, -0.1) is 11.3 Å². The molecule has 0 saturated carbocycles. The fourth-order valence-electron chi connectivity index (χ4n) is 2.85. The molecule has 0 spiro atoms. The third-order valence-corrected chi connectivity index (χ3v) is 5.66. The summed E-state index contributed by atoms with van der Waals surface area (Å²) < 4.78 is 0. The number of hydrogen-bond donors (Lipinski definition) is 1. The molecule has 2 aromatic rings. The SMILES string of the molecule is CCNC(=NCc1sc(-c2ccccc2)nc1C)N(C)CC(=O)N(CC)CC. The minimum atomic E-state index is 0.110. The lowest BCUT2D eigenvalue weighted by Gasteiger charge is -2.25. The number of hydrogen-bond acceptors (Lipinski definition) is 4. The van der Waals surface area contributed by atoms with Crippen molar-refractivity contribution >= 4 is 23.2 Å². The molecule has 0 saturated heterocycles. The maximum atomic E-state index is 12.4. The molecular weight excluding hydrogens is 370 g/mol. The van der Waals surface area contributed by atoms with Crippen LogP contribution in [-0.4, -0.2) is 59.9 Å². The van der Waals surface area contributed by atoms with Crippen molar-refractivity contribution in [2.75, 3.05) is 33.2 Å². The van der Waals surface area contributed by atoms with Gasteiger partial charge in [0, 0.05) is 37.1 Å². The molecule has 6 nitrogen and oxygen atoms in total. The summed E-state index contributed by atoms with van der Waals surface area (Å²) in [6, 6.07) is 10.2. The van der Waals surface area contributed by atoms with E-state index < -0.39 is 0 Å². The van der Waals surface area contributed by atoms with Crippen LogP contribution >= 0.6 is 11.3 Å². The van der Waals surface area contributed by atoms with Crippen LogP contribution in [0.5, 0.6) is 0 Å². The van der Waals surface area contributed by atoms with Gasteiger partial charge in [0.2, 0.25) is 5.91 Å². The lowest BCUT2D eigenvalue weighted by molar-refractivity contribution is -0.131. The summed E-state index contributed by atoms with van der Waals surface area (Å²) >= 11 is 1.67. The number of aryl methyl sites for hydroxylation is 1. The van der Waals surface area contributed by atoms with Crippen LogP contribution in [0, 0.1) is 6.92 Å². The fraction of sp³-hybridized carbons (Fsp3) is 0.476. The standard InChI is InChI=1S/C21H31N5OS/c1-6-22-21(25(5)15-19(27)26(7-2)8-3)23-14-18-16(4)24-20(28-18)17-12-10-9-11-13-17/h9-13H,6-8,14-15H2,1-5H3,(H,22,23). The molecule has 28 heavy (non-hydrogen) atoms. The van der Waals surface area contributed by atoms with Gasteiger partial charge in [0.1, 0.15) is 5.01 Å². The molecule has 0 radical (unpaired) electrons. The van der Waals surface area contributed by atoms with Crippen molar-refractivity contribution in [2.24, 2.45) is 4.99 Å². The molecule has 2 rings (SSSR count). The monoisotopic (exact) mass is 401 g/mol. The average Bonchev–Trinajstić information content (AvgIpc) is 3.07. The number of benzene rings is 1. The Hall–Kier alpha value is -2.41. The van der Waals surface area contributed by atoms with E-state index in [-0.39, 0.29) is 5.91 Å². The molecule has 1 amide bonds. The van der Waals surface area contributed by atoms with E-state index in [1.165, 1.54) is 0 Å². The fourth-order valence-corrected chi connectivity index (χ4v) is 3.84. The molecule has 1 heterocycles. The predicted octanol–water partition coefficient (Wildman–Crippen LogP) is 3.38. The molecular formula is C21H31N5OS. The first kappa shape index (κ1) is 21.9. The molecule has 1 aromatic heterocycles. The van der Waals surface area contributed by atoms with Crippen molar-refractivity contribution in [1.82, 2.24) is 20.1 Å². The second-order valence-corrected chi connectivity index (χ2v) is 7.57. The molecule has 0 unspecified atom stereocenters. The lowest BCUT2D eigenvalue weighted by atomic mass is 10.2. The van der Waals surface area contributed by atoms with Gasteiger partial charge < -0.3 is 15.1 Å². The smallest absolute Gasteiger partial charge is 0.242 e. The Bertz CT molecular complexity index is 783. The highest BCUT2D eigenvalue weighted by Crippen LogP contribution is 2.28. The number of likely N-dealkylation sites (N-methyl/N-ethyl adjacent to an activating group) is 2. The van der Waals surface area contributed by atoms with Crippen LogP contribution in [0.4, 0.5) is 0 Å². The zero-order chi connectivity index (χ0) is 20.5. The van der Waals surface area contributed by atoms with E-state index in [2.05, 4.69) is 17.4 Å². The van der Waals surface area contributed by atoms with Crippen molar-refractivity contribution in [2.45, 2.75) is 34.2 Å². The minimum Gasteiger partial charge on any atom is -0.357 e. The average molecular weight is 402 g/mol. The van der Waals surface area contributed by atoms with Gasteiger partial charge in [-0.2, -0.15) is 0 Å². The van der Waals surface area contributed by atoms with E-state index in [9.17, 15) is 4.79 Å². The number of amides is 1. The number of aliphatic imine (C=N–C) groups is 1. The van der Waals surface area contributed by atoms with Gasteiger partial charge in [0.05, 0.1) is 18.8 Å². The van der Waals surface area contributed by atoms with Crippen LogP contribution in [0.2, 0.25) is 0 Å². The summed E-state index contributed by atoms with van der Waals surface area (Å²) in [6.45, 7) is 11.1. The third kappa shape index (κ3) is 5.79. The van der Waals surface area contributed by atoms with E-state index in [4.69, 9.17) is 9.98 Å². The quantitative estimate of drug-likeness (QED) is 0.544. The number of carbonyl (C=O) groups excluding carboxylic acids is 1. The largest absolute Gasteiger partial charge is 0.357 e. The Labute approximate surface area is 172 Å². The molecule has 0 atom stereocenters. The lowest BCUT2D eigenvalue weighted by Crippen LogP contribution is -2.45. The van der Waals surface area contributed by atoms with Crippen molar-refractivity contribution in [3.05, 3.63) is 40.9 Å². The first-order chi connectivity index (χ1) is 13.5. The highest BCUT2D eigenvalue weighted by Gasteiger charge is 2.15. The second-order valence-electron chi connectivity index (χ2n) is 6.49. The van der Waals surface area contributed by atoms with Crippen molar-refractivity contribution in [3.63, 3.8) is 0 Å². The van der Waals surface area contributed by atoms with Crippen molar-refractivity contribution < 1.29 is 4.79 Å². The highest BCUT2D eigenvalue weighted by molar-refractivity contribution is 7.15. The Kier molecular flexibility index (Phi) is 8.44. The minimum absolute atomic E-state index is 0.110. The van der Waals surface area contributed by atoms with Gasteiger partial charge in [-0.3, -0.25) is 4.79 Å². The Morgan fingerprint density at radius 2 is 1.86 bits per heavy atom. The number of rotatable bonds is 8. The number of thiazole rings is 1. The van der Waals surface area contributed by atoms with E-state index in [1.807, 2.05) is 62.7 Å². The Balaban J connectivity index is 2.12. The summed E-state index contributed by atoms with van der Waals surface area (Å²) in [5, 5.41) is 4.29. The molecule has 1 aromatic carbocycles. The first-order valence-electron chi connectivity index (χ1n) is 9.79. The van der Waals surface area contributed by atoms with Crippen LogP contribution in [0.15, 0.2) is 35.3 Å². The maximum Gasteiger partial charge on any atom is 0.242 e. The van der Waals surface area contributed by atoms with Crippen LogP contribution < -0.4 is 5.32 Å². The molecule has 0 aliphatic carbocycles. The van der Waals surface area contributed by atoms with Gasteiger partial charge in [-0.1, -0.05) is 30.3 Å². The maximum absolute atomic E-state index is 12.4. The predicted molar refractivity (Wildman–Crippen MR) is 118 cm³/mol. The zero-order valence-electron chi connectivity index (χ0n) is 17.5. The number of nitrogens with one attached hydrogen (secondary N) is 1. The normalized spacial score (nSPS) is 11.4. The summed E-state index contributed by atoms with van der Waals surface area (Å²) in [5.41, 5.74) is 2.13. The third-order valence-electron chi connectivity index (χ3n) is 4.47. The van der Waals surface area contributed by atoms with Crippen LogP contribution in [-0.2, 0) is 11.3 Å². The topological polar surface area (TPSA) is 60.8 Å². The molecule has 7 heteroatoms. The van der Waals surface area contributed by atoms with E-state index in [1.54, 1.807) is 11.3 Å². The van der Waals surface area contributed by atoms with Gasteiger partial charge in [-0.05, 0) is 27.7 Å². The van der Waals surface area contributed by atoms with Gasteiger partial charge in [0.15, 0.2) is 5.96 Å². The van der Waals surface area contributed by atoms with Crippen molar-refractivity contribution in [3.8, 4) is 10.6 Å². The highest BCUT2D eigenvalue weighted by atomic mass is 32.1. The molecule has 0 aliphatic heterocycles. The summed E-state index contributed by atoms with van der Waals surface area (Å²) in [6.07, 6.45) is 0. The molecule has 0 fully saturated rings. The zero-order valence-corrected chi connectivity index (χ0v) is 18.3. The second kappa shape index (κ2) is 10.8.